The molecule has 0 spiro atoms. The molecule has 7 nitrogen and oxygen atoms in total. The molecule has 0 rings (SSSR count). The number of carboxylic acids is 3. The fourth-order valence-electron chi connectivity index (χ4n) is 1.20. The Morgan fingerprint density at radius 2 is 1.55 bits per heavy atom. The number of carbonyl (C=O) groups is 3. The van der Waals surface area contributed by atoms with E-state index in [0.717, 1.165) is 0 Å². The van der Waals surface area contributed by atoms with Crippen molar-refractivity contribution in [3.05, 3.63) is 0 Å². The Kier molecular flexibility index (Phi) is 14.0. The average Bonchev–Trinajstić information content (AvgIpc) is 2.34. The highest BCUT2D eigenvalue weighted by molar-refractivity contribution is 7.80. The summed E-state index contributed by atoms with van der Waals surface area (Å²) < 4.78 is 4.92. The number of methoxy groups -OCH3 is 1. The minimum absolute atomic E-state index is 0.101. The first-order valence-electron chi connectivity index (χ1n) is 5.71. The third kappa shape index (κ3) is 12.1. The molecule has 3 N–H and O–H groups in total. The summed E-state index contributed by atoms with van der Waals surface area (Å²) in [7, 11) is 1.37. The van der Waals surface area contributed by atoms with Crippen LogP contribution >= 0.6 is 25.3 Å². The second kappa shape index (κ2) is 13.1. The molecule has 0 saturated heterocycles. The normalized spacial score (nSPS) is 12.8. The Balaban J connectivity index is 0. The molecule has 0 aromatic rings. The number of carboxylic acid groups (broad SMARTS) is 3. The third-order valence-electron chi connectivity index (χ3n) is 2.23. The summed E-state index contributed by atoms with van der Waals surface area (Å²) in [5.74, 6) is -2.97. The molecule has 20 heavy (non-hydrogen) atoms. The predicted octanol–water partition coefficient (Wildman–Crippen LogP) is 0.888. The highest BCUT2D eigenvalue weighted by Crippen LogP contribution is 2.15. The number of ether oxygens (including phenoxy) is 1. The van der Waals surface area contributed by atoms with Gasteiger partial charge >= 0.3 is 17.9 Å². The van der Waals surface area contributed by atoms with Crippen LogP contribution in [0.4, 0.5) is 0 Å². The van der Waals surface area contributed by atoms with Gasteiger partial charge in [-0.1, -0.05) is 0 Å². The minimum Gasteiger partial charge on any atom is -0.481 e. The van der Waals surface area contributed by atoms with Gasteiger partial charge in [0, 0.05) is 25.0 Å². The van der Waals surface area contributed by atoms with Crippen molar-refractivity contribution >= 4 is 43.2 Å². The molecule has 0 aliphatic rings. The number of hydrogen-bond donors (Lipinski definition) is 5. The van der Waals surface area contributed by atoms with Gasteiger partial charge in [-0.3, -0.25) is 14.4 Å². The summed E-state index contributed by atoms with van der Waals surface area (Å²) in [5.41, 5.74) is 0. The summed E-state index contributed by atoms with van der Waals surface area (Å²) in [6, 6.07) is 0. The molecule has 2 atom stereocenters. The number of rotatable bonds is 9. The molecule has 9 heteroatoms. The quantitative estimate of drug-likeness (QED) is 0.398. The highest BCUT2D eigenvalue weighted by atomic mass is 32.1. The van der Waals surface area contributed by atoms with E-state index in [4.69, 9.17) is 20.1 Å². The molecule has 0 amide bonds. The van der Waals surface area contributed by atoms with Crippen molar-refractivity contribution in [3.8, 4) is 0 Å². The lowest BCUT2D eigenvalue weighted by Crippen LogP contribution is -2.31. The maximum atomic E-state index is 10.7. The van der Waals surface area contributed by atoms with Crippen molar-refractivity contribution in [3.63, 3.8) is 0 Å². The maximum Gasteiger partial charge on any atom is 0.309 e. The Labute approximate surface area is 128 Å². The standard InChI is InChI=1S/C8H14O5S.C3H6O2S/c1-13-6(2-3-7(9)10)5(4-14)8(11)12;4-3(5)1-2-6/h5-6,14H,2-4H2,1H3,(H,9,10)(H,11,12);6H,1-2H2,(H,4,5). The van der Waals surface area contributed by atoms with E-state index in [1.165, 1.54) is 7.11 Å². The van der Waals surface area contributed by atoms with Crippen molar-refractivity contribution in [1.29, 1.82) is 0 Å². The second-order valence-electron chi connectivity index (χ2n) is 3.70. The lowest BCUT2D eigenvalue weighted by Gasteiger charge is -2.20. The molecular weight excluding hydrogens is 308 g/mol. The Morgan fingerprint density at radius 1 is 1.05 bits per heavy atom. The average molecular weight is 328 g/mol. The lowest BCUT2D eigenvalue weighted by atomic mass is 10.0. The summed E-state index contributed by atoms with van der Waals surface area (Å²) in [4.78, 5) is 30.5. The topological polar surface area (TPSA) is 121 Å². The van der Waals surface area contributed by atoms with E-state index >= 15 is 0 Å². The zero-order chi connectivity index (χ0) is 16.1. The largest absolute Gasteiger partial charge is 0.481 e. The zero-order valence-electron chi connectivity index (χ0n) is 11.1. The van der Waals surface area contributed by atoms with E-state index in [9.17, 15) is 14.4 Å². The molecule has 2 unspecified atom stereocenters. The first-order valence-corrected chi connectivity index (χ1v) is 6.97. The van der Waals surface area contributed by atoms with Crippen LogP contribution in [0.2, 0.25) is 0 Å². The summed E-state index contributed by atoms with van der Waals surface area (Å²) in [5, 5.41) is 25.1. The van der Waals surface area contributed by atoms with Crippen LogP contribution in [0.1, 0.15) is 19.3 Å². The van der Waals surface area contributed by atoms with Gasteiger partial charge in [-0.2, -0.15) is 25.3 Å². The molecular formula is C11H20O7S2. The SMILES string of the molecule is COC(CCC(=O)O)C(CS)C(=O)O.O=C(O)CCS. The number of aliphatic carboxylic acids is 3. The molecule has 0 heterocycles. The highest BCUT2D eigenvalue weighted by Gasteiger charge is 2.27. The fraction of sp³-hybridized carbons (Fsp3) is 0.727. The van der Waals surface area contributed by atoms with Crippen molar-refractivity contribution in [1.82, 2.24) is 0 Å². The van der Waals surface area contributed by atoms with Crippen molar-refractivity contribution < 1.29 is 34.4 Å². The maximum absolute atomic E-state index is 10.7. The van der Waals surface area contributed by atoms with E-state index in [2.05, 4.69) is 25.3 Å². The van der Waals surface area contributed by atoms with Gasteiger partial charge in [-0.25, -0.2) is 0 Å². The van der Waals surface area contributed by atoms with E-state index < -0.39 is 29.9 Å². The molecule has 0 aromatic carbocycles. The molecule has 0 saturated carbocycles. The van der Waals surface area contributed by atoms with Gasteiger partial charge < -0.3 is 20.1 Å². The van der Waals surface area contributed by atoms with Crippen LogP contribution in [0, 0.1) is 5.92 Å². The van der Waals surface area contributed by atoms with Gasteiger partial charge in [0.2, 0.25) is 0 Å². The van der Waals surface area contributed by atoms with Crippen LogP contribution in [0.5, 0.6) is 0 Å². The van der Waals surface area contributed by atoms with Gasteiger partial charge in [-0.05, 0) is 6.42 Å². The summed E-state index contributed by atoms with van der Waals surface area (Å²) in [6.45, 7) is 0. The van der Waals surface area contributed by atoms with Gasteiger partial charge in [0.05, 0.1) is 18.4 Å². The molecule has 0 aliphatic heterocycles. The van der Waals surface area contributed by atoms with Crippen LogP contribution in [0.15, 0.2) is 0 Å². The van der Waals surface area contributed by atoms with Crippen molar-refractivity contribution in [2.45, 2.75) is 25.4 Å². The van der Waals surface area contributed by atoms with E-state index in [-0.39, 0.29) is 25.0 Å². The number of hydrogen-bond acceptors (Lipinski definition) is 6. The lowest BCUT2D eigenvalue weighted by molar-refractivity contribution is -0.147. The smallest absolute Gasteiger partial charge is 0.309 e. The van der Waals surface area contributed by atoms with Crippen LogP contribution in [0.25, 0.3) is 0 Å². The predicted molar refractivity (Wildman–Crippen MR) is 78.8 cm³/mol. The molecule has 118 valence electrons. The Bertz CT molecular complexity index is 309. The van der Waals surface area contributed by atoms with Gasteiger partial charge in [-0.15, -0.1) is 0 Å². The van der Waals surface area contributed by atoms with Gasteiger partial charge in [0.15, 0.2) is 0 Å². The fourth-order valence-corrected chi connectivity index (χ4v) is 1.78. The van der Waals surface area contributed by atoms with Gasteiger partial charge in [0.25, 0.3) is 0 Å². The first kappa shape index (κ1) is 21.4. The summed E-state index contributed by atoms with van der Waals surface area (Å²) >= 11 is 7.56. The molecule has 0 bridgehead atoms. The van der Waals surface area contributed by atoms with Crippen LogP contribution in [-0.2, 0) is 19.1 Å². The second-order valence-corrected chi connectivity index (χ2v) is 4.51. The molecule has 0 radical (unpaired) electrons. The Morgan fingerprint density at radius 3 is 1.75 bits per heavy atom. The third-order valence-corrected chi connectivity index (χ3v) is 2.85. The van der Waals surface area contributed by atoms with E-state index in [1.54, 1.807) is 0 Å². The molecule has 0 fully saturated rings. The Hall–Kier alpha value is -0.930. The van der Waals surface area contributed by atoms with Crippen LogP contribution in [-0.4, -0.2) is 57.9 Å². The molecule has 0 aromatic heterocycles. The van der Waals surface area contributed by atoms with Crippen molar-refractivity contribution in [2.75, 3.05) is 18.6 Å². The minimum atomic E-state index is -1.02. The van der Waals surface area contributed by atoms with E-state index in [0.29, 0.717) is 5.75 Å². The zero-order valence-corrected chi connectivity index (χ0v) is 12.8. The van der Waals surface area contributed by atoms with Gasteiger partial charge in [0.1, 0.15) is 0 Å². The summed E-state index contributed by atoms with van der Waals surface area (Å²) in [6.07, 6.45) is -0.358. The van der Waals surface area contributed by atoms with Crippen LogP contribution in [0.3, 0.4) is 0 Å². The van der Waals surface area contributed by atoms with Crippen molar-refractivity contribution in [2.24, 2.45) is 5.92 Å². The van der Waals surface area contributed by atoms with Crippen LogP contribution < -0.4 is 0 Å². The monoisotopic (exact) mass is 328 g/mol. The number of thiol groups is 2. The van der Waals surface area contributed by atoms with E-state index in [1.807, 2.05) is 0 Å². The first-order chi connectivity index (χ1) is 9.29. The molecule has 0 aliphatic carbocycles.